The van der Waals surface area contributed by atoms with Gasteiger partial charge in [0, 0.05) is 5.75 Å². The molecule has 2 rings (SSSR count). The number of aliphatic carboxylic acids is 1. The molecule has 0 spiro atoms. The molecule has 19 heavy (non-hydrogen) atoms. The molecular formula is C13H17NO3S2. The average molecular weight is 299 g/mol. The van der Waals surface area contributed by atoms with Crippen molar-refractivity contribution >= 4 is 35.0 Å². The Balaban J connectivity index is 2.34. The highest BCUT2D eigenvalue weighted by Gasteiger charge is 2.43. The quantitative estimate of drug-likeness (QED) is 0.932. The van der Waals surface area contributed by atoms with Crippen LogP contribution in [0.2, 0.25) is 0 Å². The molecule has 2 unspecified atom stereocenters. The van der Waals surface area contributed by atoms with Gasteiger partial charge in [0.2, 0.25) is 0 Å². The van der Waals surface area contributed by atoms with E-state index in [1.165, 1.54) is 11.3 Å². The zero-order chi connectivity index (χ0) is 14.2. The molecule has 1 saturated heterocycles. The van der Waals surface area contributed by atoms with Crippen LogP contribution >= 0.6 is 23.1 Å². The number of hydrogen-bond donors (Lipinski definition) is 1. The minimum Gasteiger partial charge on any atom is -0.480 e. The summed E-state index contributed by atoms with van der Waals surface area (Å²) in [7, 11) is 0. The van der Waals surface area contributed by atoms with Gasteiger partial charge in [0.25, 0.3) is 5.91 Å². The molecule has 2 heterocycles. The van der Waals surface area contributed by atoms with Crippen LogP contribution in [0, 0.1) is 12.8 Å². The highest BCUT2D eigenvalue weighted by molar-refractivity contribution is 8.00. The number of amides is 1. The Kier molecular flexibility index (Phi) is 4.20. The average Bonchev–Trinajstić information content (AvgIpc) is 2.93. The highest BCUT2D eigenvalue weighted by atomic mass is 32.2. The van der Waals surface area contributed by atoms with Crippen LogP contribution in [0.1, 0.15) is 29.1 Å². The molecular weight excluding hydrogens is 282 g/mol. The van der Waals surface area contributed by atoms with E-state index < -0.39 is 12.0 Å². The molecule has 1 fully saturated rings. The van der Waals surface area contributed by atoms with Gasteiger partial charge in [-0.25, -0.2) is 4.79 Å². The fourth-order valence-electron chi connectivity index (χ4n) is 2.20. The lowest BCUT2D eigenvalue weighted by Gasteiger charge is -2.29. The number of carboxylic acid groups (broad SMARTS) is 1. The van der Waals surface area contributed by atoms with Gasteiger partial charge in [-0.2, -0.15) is 0 Å². The normalized spacial score (nSPS) is 23.1. The molecule has 104 valence electrons. The topological polar surface area (TPSA) is 57.6 Å². The fraction of sp³-hybridized carbons (Fsp3) is 0.538. The zero-order valence-electron chi connectivity index (χ0n) is 11.1. The smallest absolute Gasteiger partial charge is 0.327 e. The lowest BCUT2D eigenvalue weighted by molar-refractivity contribution is -0.141. The van der Waals surface area contributed by atoms with E-state index in [9.17, 15) is 14.7 Å². The molecule has 0 bridgehead atoms. The SMILES string of the molecule is Cc1ccsc1C(=O)N1C(C(=O)O)CSC1C(C)C. The number of carboxylic acids is 1. The third kappa shape index (κ3) is 2.65. The van der Waals surface area contributed by atoms with Gasteiger partial charge >= 0.3 is 5.97 Å². The van der Waals surface area contributed by atoms with E-state index in [1.54, 1.807) is 16.7 Å². The van der Waals surface area contributed by atoms with Crippen molar-refractivity contribution in [2.45, 2.75) is 32.2 Å². The van der Waals surface area contributed by atoms with Crippen molar-refractivity contribution < 1.29 is 14.7 Å². The van der Waals surface area contributed by atoms with Gasteiger partial charge in [0.05, 0.1) is 10.3 Å². The van der Waals surface area contributed by atoms with Crippen LogP contribution in [0.4, 0.5) is 0 Å². The van der Waals surface area contributed by atoms with Crippen molar-refractivity contribution in [3.8, 4) is 0 Å². The van der Waals surface area contributed by atoms with E-state index in [0.717, 1.165) is 5.56 Å². The Morgan fingerprint density at radius 1 is 1.47 bits per heavy atom. The minimum atomic E-state index is -0.918. The first-order chi connectivity index (χ1) is 8.93. The second kappa shape index (κ2) is 5.54. The third-order valence-corrected chi connectivity index (χ3v) is 5.81. The molecule has 6 heteroatoms. The van der Waals surface area contributed by atoms with Gasteiger partial charge in [0.1, 0.15) is 6.04 Å². The standard InChI is InChI=1S/C13H17NO3S2/c1-7(2)12-14(9(6-19-12)13(16)17)11(15)10-8(3)4-5-18-10/h4-5,7,9,12H,6H2,1-3H3,(H,16,17). The summed E-state index contributed by atoms with van der Waals surface area (Å²) in [6.45, 7) is 5.92. The van der Waals surface area contributed by atoms with E-state index in [2.05, 4.69) is 0 Å². The third-order valence-electron chi connectivity index (χ3n) is 3.18. The maximum absolute atomic E-state index is 12.6. The second-order valence-corrected chi connectivity index (χ2v) is 7.03. The first kappa shape index (κ1) is 14.4. The molecule has 1 aromatic rings. The Morgan fingerprint density at radius 3 is 2.63 bits per heavy atom. The fourth-order valence-corrected chi connectivity index (χ4v) is 4.54. The maximum Gasteiger partial charge on any atom is 0.327 e. The molecule has 1 aliphatic rings. The van der Waals surface area contributed by atoms with E-state index in [1.807, 2.05) is 32.2 Å². The number of carbonyl (C=O) groups excluding carboxylic acids is 1. The lowest BCUT2D eigenvalue weighted by Crippen LogP contribution is -2.47. The second-order valence-electron chi connectivity index (χ2n) is 4.97. The van der Waals surface area contributed by atoms with Crippen LogP contribution < -0.4 is 0 Å². The lowest BCUT2D eigenvalue weighted by atomic mass is 10.1. The first-order valence-electron chi connectivity index (χ1n) is 6.14. The molecule has 4 nitrogen and oxygen atoms in total. The zero-order valence-corrected chi connectivity index (χ0v) is 12.8. The number of carbonyl (C=O) groups is 2. The maximum atomic E-state index is 12.6. The summed E-state index contributed by atoms with van der Waals surface area (Å²) < 4.78 is 0. The number of nitrogens with zero attached hydrogens (tertiary/aromatic N) is 1. The number of rotatable bonds is 3. The summed E-state index contributed by atoms with van der Waals surface area (Å²) in [6, 6.07) is 1.17. The van der Waals surface area contributed by atoms with Crippen molar-refractivity contribution in [3.05, 3.63) is 21.9 Å². The monoisotopic (exact) mass is 299 g/mol. The minimum absolute atomic E-state index is 0.0601. The molecule has 1 aliphatic heterocycles. The Morgan fingerprint density at radius 2 is 2.16 bits per heavy atom. The van der Waals surface area contributed by atoms with Crippen LogP contribution in [0.15, 0.2) is 11.4 Å². The van der Waals surface area contributed by atoms with Crippen molar-refractivity contribution in [3.63, 3.8) is 0 Å². The molecule has 0 saturated carbocycles. The number of thioether (sulfide) groups is 1. The van der Waals surface area contributed by atoms with Crippen molar-refractivity contribution in [2.24, 2.45) is 5.92 Å². The Labute approximate surface area is 120 Å². The van der Waals surface area contributed by atoms with Crippen LogP contribution in [-0.4, -0.2) is 39.1 Å². The predicted molar refractivity (Wildman–Crippen MR) is 77.7 cm³/mol. The molecule has 2 atom stereocenters. The van der Waals surface area contributed by atoms with Gasteiger partial charge < -0.3 is 10.0 Å². The summed E-state index contributed by atoms with van der Waals surface area (Å²) in [5, 5.41) is 11.1. The van der Waals surface area contributed by atoms with Gasteiger partial charge in [-0.15, -0.1) is 23.1 Å². The number of thiophene rings is 1. The van der Waals surface area contributed by atoms with Crippen LogP contribution in [0.25, 0.3) is 0 Å². The Hall–Kier alpha value is -1.01. The van der Waals surface area contributed by atoms with Gasteiger partial charge in [-0.3, -0.25) is 4.79 Å². The van der Waals surface area contributed by atoms with E-state index >= 15 is 0 Å². The summed E-state index contributed by atoms with van der Waals surface area (Å²) in [6.07, 6.45) is 0. The largest absolute Gasteiger partial charge is 0.480 e. The van der Waals surface area contributed by atoms with Crippen LogP contribution in [0.5, 0.6) is 0 Å². The van der Waals surface area contributed by atoms with E-state index in [0.29, 0.717) is 10.6 Å². The van der Waals surface area contributed by atoms with E-state index in [4.69, 9.17) is 0 Å². The summed E-state index contributed by atoms with van der Waals surface area (Å²) in [4.78, 5) is 26.2. The van der Waals surface area contributed by atoms with Gasteiger partial charge in [-0.1, -0.05) is 13.8 Å². The first-order valence-corrected chi connectivity index (χ1v) is 8.07. The number of hydrogen-bond acceptors (Lipinski definition) is 4. The summed E-state index contributed by atoms with van der Waals surface area (Å²) >= 11 is 2.93. The van der Waals surface area contributed by atoms with Crippen LogP contribution in [-0.2, 0) is 4.79 Å². The van der Waals surface area contributed by atoms with Gasteiger partial charge in [0.15, 0.2) is 0 Å². The Bertz CT molecular complexity index is 498. The molecule has 1 aromatic heterocycles. The highest BCUT2D eigenvalue weighted by Crippen LogP contribution is 2.36. The van der Waals surface area contributed by atoms with Crippen LogP contribution in [0.3, 0.4) is 0 Å². The number of aryl methyl sites for hydroxylation is 1. The van der Waals surface area contributed by atoms with Gasteiger partial charge in [-0.05, 0) is 29.9 Å². The van der Waals surface area contributed by atoms with Crippen molar-refractivity contribution in [1.29, 1.82) is 0 Å². The van der Waals surface area contributed by atoms with Crippen molar-refractivity contribution in [2.75, 3.05) is 5.75 Å². The van der Waals surface area contributed by atoms with Crippen molar-refractivity contribution in [1.82, 2.24) is 4.90 Å². The molecule has 1 N–H and O–H groups in total. The molecule has 0 radical (unpaired) electrons. The molecule has 0 aliphatic carbocycles. The molecule has 1 amide bonds. The summed E-state index contributed by atoms with van der Waals surface area (Å²) in [5.41, 5.74) is 0.915. The summed E-state index contributed by atoms with van der Waals surface area (Å²) in [5.74, 6) is -0.366. The molecule has 0 aromatic carbocycles. The van der Waals surface area contributed by atoms with E-state index in [-0.39, 0.29) is 17.2 Å². The predicted octanol–water partition coefficient (Wildman–Crippen LogP) is 2.68.